The SMILES string of the molecule is CCCOc1ccc(C(=O)Nc2ccc([C@@H](C)CC)cc2)cc1. The van der Waals surface area contributed by atoms with Crippen LogP contribution < -0.4 is 10.1 Å². The Balaban J connectivity index is 1.98. The molecule has 3 nitrogen and oxygen atoms in total. The zero-order valence-corrected chi connectivity index (χ0v) is 14.1. The molecule has 1 N–H and O–H groups in total. The lowest BCUT2D eigenvalue weighted by Gasteiger charge is -2.11. The van der Waals surface area contributed by atoms with Crippen LogP contribution >= 0.6 is 0 Å². The average molecular weight is 311 g/mol. The van der Waals surface area contributed by atoms with E-state index < -0.39 is 0 Å². The number of carbonyl (C=O) groups is 1. The van der Waals surface area contributed by atoms with Gasteiger partial charge in [0.1, 0.15) is 5.75 Å². The second-order valence-electron chi connectivity index (χ2n) is 5.76. The fourth-order valence-electron chi connectivity index (χ4n) is 2.26. The van der Waals surface area contributed by atoms with Gasteiger partial charge in [-0.1, -0.05) is 32.9 Å². The Kier molecular flexibility index (Phi) is 6.21. The van der Waals surface area contributed by atoms with E-state index >= 15 is 0 Å². The van der Waals surface area contributed by atoms with Crippen molar-refractivity contribution in [1.82, 2.24) is 0 Å². The van der Waals surface area contributed by atoms with Crippen molar-refractivity contribution in [2.75, 3.05) is 11.9 Å². The fraction of sp³-hybridized carbons (Fsp3) is 0.350. The number of rotatable bonds is 7. The van der Waals surface area contributed by atoms with Gasteiger partial charge in [-0.25, -0.2) is 0 Å². The molecule has 0 spiro atoms. The minimum Gasteiger partial charge on any atom is -0.494 e. The van der Waals surface area contributed by atoms with Crippen LogP contribution in [0, 0.1) is 0 Å². The maximum atomic E-state index is 12.3. The Morgan fingerprint density at radius 2 is 1.70 bits per heavy atom. The Bertz CT molecular complexity index is 617. The lowest BCUT2D eigenvalue weighted by Crippen LogP contribution is -2.11. The van der Waals surface area contributed by atoms with Crippen LogP contribution in [0.5, 0.6) is 5.75 Å². The summed E-state index contributed by atoms with van der Waals surface area (Å²) in [4.78, 5) is 12.3. The summed E-state index contributed by atoms with van der Waals surface area (Å²) in [6.07, 6.45) is 2.08. The molecule has 0 radical (unpaired) electrons. The quantitative estimate of drug-likeness (QED) is 0.759. The number of ether oxygens (including phenoxy) is 1. The molecule has 0 fully saturated rings. The molecule has 1 atom stereocenters. The van der Waals surface area contributed by atoms with Crippen LogP contribution in [0.4, 0.5) is 5.69 Å². The molecule has 2 aromatic carbocycles. The molecule has 0 saturated heterocycles. The van der Waals surface area contributed by atoms with Gasteiger partial charge in [-0.05, 0) is 60.7 Å². The highest BCUT2D eigenvalue weighted by atomic mass is 16.5. The van der Waals surface area contributed by atoms with Crippen LogP contribution in [0.1, 0.15) is 55.5 Å². The Labute approximate surface area is 138 Å². The molecule has 0 bridgehead atoms. The highest BCUT2D eigenvalue weighted by Crippen LogP contribution is 2.21. The second-order valence-corrected chi connectivity index (χ2v) is 5.76. The second kappa shape index (κ2) is 8.37. The van der Waals surface area contributed by atoms with E-state index in [1.165, 1.54) is 5.56 Å². The van der Waals surface area contributed by atoms with Crippen molar-refractivity contribution in [2.45, 2.75) is 39.5 Å². The average Bonchev–Trinajstić information content (AvgIpc) is 2.60. The molecule has 2 aromatic rings. The maximum Gasteiger partial charge on any atom is 0.255 e. The van der Waals surface area contributed by atoms with Crippen LogP contribution in [-0.2, 0) is 0 Å². The van der Waals surface area contributed by atoms with Crippen LogP contribution in [0.15, 0.2) is 48.5 Å². The number of nitrogens with one attached hydrogen (secondary N) is 1. The number of benzene rings is 2. The molecule has 1 amide bonds. The first-order valence-corrected chi connectivity index (χ1v) is 8.28. The number of hydrogen-bond donors (Lipinski definition) is 1. The summed E-state index contributed by atoms with van der Waals surface area (Å²) in [6, 6.07) is 15.3. The summed E-state index contributed by atoms with van der Waals surface area (Å²) in [5, 5.41) is 2.93. The molecule has 0 aromatic heterocycles. The van der Waals surface area contributed by atoms with Gasteiger partial charge in [0.25, 0.3) is 5.91 Å². The molecule has 23 heavy (non-hydrogen) atoms. The Morgan fingerprint density at radius 1 is 1.04 bits per heavy atom. The van der Waals surface area contributed by atoms with Crippen LogP contribution in [0.25, 0.3) is 0 Å². The zero-order chi connectivity index (χ0) is 16.7. The summed E-state index contributed by atoms with van der Waals surface area (Å²) >= 11 is 0. The summed E-state index contributed by atoms with van der Waals surface area (Å²) < 4.78 is 5.52. The Morgan fingerprint density at radius 3 is 2.26 bits per heavy atom. The molecular weight excluding hydrogens is 286 g/mol. The Hall–Kier alpha value is -2.29. The first kappa shape index (κ1) is 17.1. The summed E-state index contributed by atoms with van der Waals surface area (Å²) in [5.41, 5.74) is 2.73. The van der Waals surface area contributed by atoms with Crippen LogP contribution in [0.2, 0.25) is 0 Å². The largest absolute Gasteiger partial charge is 0.494 e. The van der Waals surface area contributed by atoms with Gasteiger partial charge in [-0.2, -0.15) is 0 Å². The third-order valence-corrected chi connectivity index (χ3v) is 3.94. The molecule has 0 aliphatic rings. The number of anilines is 1. The molecule has 0 heterocycles. The van der Waals surface area contributed by atoms with Crippen molar-refractivity contribution in [3.8, 4) is 5.75 Å². The molecular formula is C20H25NO2. The van der Waals surface area contributed by atoms with E-state index in [9.17, 15) is 4.79 Å². The van der Waals surface area contributed by atoms with Crippen LogP contribution in [0.3, 0.4) is 0 Å². The number of amides is 1. The smallest absolute Gasteiger partial charge is 0.255 e. The lowest BCUT2D eigenvalue weighted by molar-refractivity contribution is 0.102. The zero-order valence-electron chi connectivity index (χ0n) is 14.1. The van der Waals surface area contributed by atoms with Gasteiger partial charge >= 0.3 is 0 Å². The van der Waals surface area contributed by atoms with E-state index in [0.29, 0.717) is 18.1 Å². The van der Waals surface area contributed by atoms with Crippen molar-refractivity contribution < 1.29 is 9.53 Å². The number of carbonyl (C=O) groups excluding carboxylic acids is 1. The molecule has 2 rings (SSSR count). The molecule has 0 aliphatic heterocycles. The highest BCUT2D eigenvalue weighted by molar-refractivity contribution is 6.04. The van der Waals surface area contributed by atoms with Gasteiger partial charge in [0.15, 0.2) is 0 Å². The van der Waals surface area contributed by atoms with Crippen molar-refractivity contribution in [2.24, 2.45) is 0 Å². The predicted molar refractivity (Wildman–Crippen MR) is 95.3 cm³/mol. The fourth-order valence-corrected chi connectivity index (χ4v) is 2.26. The summed E-state index contributed by atoms with van der Waals surface area (Å²) in [7, 11) is 0. The van der Waals surface area contributed by atoms with E-state index in [0.717, 1.165) is 24.3 Å². The van der Waals surface area contributed by atoms with Gasteiger partial charge in [0, 0.05) is 11.3 Å². The first-order valence-electron chi connectivity index (χ1n) is 8.28. The van der Waals surface area contributed by atoms with Crippen molar-refractivity contribution >= 4 is 11.6 Å². The van der Waals surface area contributed by atoms with Gasteiger partial charge < -0.3 is 10.1 Å². The van der Waals surface area contributed by atoms with E-state index in [1.54, 1.807) is 12.1 Å². The standard InChI is InChI=1S/C20H25NO2/c1-4-14-23-19-12-8-17(9-13-19)20(22)21-18-10-6-16(7-11-18)15(3)5-2/h6-13,15H,4-5,14H2,1-3H3,(H,21,22)/t15-/m0/s1. The molecule has 0 aliphatic carbocycles. The van der Waals surface area contributed by atoms with Crippen molar-refractivity contribution in [3.63, 3.8) is 0 Å². The molecule has 122 valence electrons. The monoisotopic (exact) mass is 311 g/mol. The van der Waals surface area contributed by atoms with Gasteiger partial charge in [0.2, 0.25) is 0 Å². The summed E-state index contributed by atoms with van der Waals surface area (Å²) in [5.74, 6) is 1.22. The van der Waals surface area contributed by atoms with Gasteiger partial charge in [0.05, 0.1) is 6.61 Å². The highest BCUT2D eigenvalue weighted by Gasteiger charge is 2.07. The third kappa shape index (κ3) is 4.85. The van der Waals surface area contributed by atoms with E-state index in [4.69, 9.17) is 4.74 Å². The van der Waals surface area contributed by atoms with Gasteiger partial charge in [-0.3, -0.25) is 4.79 Å². The first-order chi connectivity index (χ1) is 11.1. The van der Waals surface area contributed by atoms with E-state index in [-0.39, 0.29) is 5.91 Å². The van der Waals surface area contributed by atoms with Crippen LogP contribution in [-0.4, -0.2) is 12.5 Å². The minimum atomic E-state index is -0.108. The van der Waals surface area contributed by atoms with Crippen molar-refractivity contribution in [1.29, 1.82) is 0 Å². The third-order valence-electron chi connectivity index (χ3n) is 3.94. The predicted octanol–water partition coefficient (Wildman–Crippen LogP) is 5.24. The molecule has 3 heteroatoms. The minimum absolute atomic E-state index is 0.108. The topological polar surface area (TPSA) is 38.3 Å². The maximum absolute atomic E-state index is 12.3. The van der Waals surface area contributed by atoms with E-state index in [2.05, 4.69) is 38.2 Å². The molecule has 0 saturated carbocycles. The lowest BCUT2D eigenvalue weighted by atomic mass is 9.98. The summed E-state index contributed by atoms with van der Waals surface area (Å²) in [6.45, 7) is 7.13. The number of hydrogen-bond acceptors (Lipinski definition) is 2. The normalized spacial score (nSPS) is 11.8. The van der Waals surface area contributed by atoms with Crippen molar-refractivity contribution in [3.05, 3.63) is 59.7 Å². The molecule has 0 unspecified atom stereocenters. The van der Waals surface area contributed by atoms with E-state index in [1.807, 2.05) is 24.3 Å². The van der Waals surface area contributed by atoms with Gasteiger partial charge in [-0.15, -0.1) is 0 Å².